The zero-order chi connectivity index (χ0) is 8.86. The maximum atomic E-state index is 10.8. The largest absolute Gasteiger partial charge is 0.303 e. The van der Waals surface area contributed by atoms with Crippen LogP contribution < -0.4 is 0 Å². The van der Waals surface area contributed by atoms with Crippen LogP contribution in [0.4, 0.5) is 0 Å². The maximum Gasteiger partial charge on any atom is 0.126 e. The highest BCUT2D eigenvalue weighted by Crippen LogP contribution is 2.34. The van der Waals surface area contributed by atoms with Gasteiger partial charge in [0.05, 0.1) is 6.07 Å². The highest BCUT2D eigenvalue weighted by atomic mass is 16.1. The van der Waals surface area contributed by atoms with Crippen LogP contribution in [0.2, 0.25) is 0 Å². The molecule has 64 valence electrons. The number of nitriles is 1. The van der Waals surface area contributed by atoms with E-state index in [2.05, 4.69) is 18.2 Å². The Bertz CT molecular complexity index is 226. The molecule has 0 aliphatic heterocycles. The van der Waals surface area contributed by atoms with Gasteiger partial charge in [-0.1, -0.05) is 12.2 Å². The van der Waals surface area contributed by atoms with E-state index in [1.54, 1.807) is 0 Å². The third-order valence-electron chi connectivity index (χ3n) is 2.48. The first-order chi connectivity index (χ1) is 5.83. The zero-order valence-corrected chi connectivity index (χ0v) is 7.12. The lowest BCUT2D eigenvalue weighted by molar-refractivity contribution is -0.116. The van der Waals surface area contributed by atoms with E-state index in [0.29, 0.717) is 6.42 Å². The number of hydrogen-bond acceptors (Lipinski definition) is 2. The maximum absolute atomic E-state index is 10.8. The molecule has 1 aliphatic carbocycles. The van der Waals surface area contributed by atoms with Crippen LogP contribution in [0.25, 0.3) is 0 Å². The Balaban J connectivity index is 2.57. The summed E-state index contributed by atoms with van der Waals surface area (Å²) < 4.78 is 0. The van der Waals surface area contributed by atoms with Crippen LogP contribution in [-0.2, 0) is 4.79 Å². The van der Waals surface area contributed by atoms with E-state index >= 15 is 0 Å². The summed E-state index contributed by atoms with van der Waals surface area (Å²) in [6.45, 7) is 0. The van der Waals surface area contributed by atoms with E-state index in [1.807, 2.05) is 0 Å². The van der Waals surface area contributed by atoms with Gasteiger partial charge in [0.2, 0.25) is 0 Å². The lowest BCUT2D eigenvalue weighted by Crippen LogP contribution is -2.23. The summed E-state index contributed by atoms with van der Waals surface area (Å²) in [5, 5.41) is 8.42. The highest BCUT2D eigenvalue weighted by molar-refractivity contribution is 5.60. The van der Waals surface area contributed by atoms with Crippen molar-refractivity contribution in [3.05, 3.63) is 12.2 Å². The number of hydrogen-bond donors (Lipinski definition) is 0. The third kappa shape index (κ3) is 1.94. The molecule has 12 heavy (non-hydrogen) atoms. The molecule has 0 heterocycles. The smallest absolute Gasteiger partial charge is 0.126 e. The van der Waals surface area contributed by atoms with Gasteiger partial charge in [0.25, 0.3) is 0 Å². The van der Waals surface area contributed by atoms with Crippen LogP contribution in [0, 0.1) is 16.7 Å². The Morgan fingerprint density at radius 3 is 2.92 bits per heavy atom. The fourth-order valence-electron chi connectivity index (χ4n) is 1.61. The molecule has 0 saturated carbocycles. The molecule has 0 bridgehead atoms. The number of rotatable bonds is 3. The second-order valence-corrected chi connectivity index (χ2v) is 3.35. The molecule has 0 radical (unpaired) electrons. The van der Waals surface area contributed by atoms with E-state index in [1.165, 1.54) is 0 Å². The van der Waals surface area contributed by atoms with Gasteiger partial charge in [-0.15, -0.1) is 0 Å². The molecular formula is C10H13NO. The summed E-state index contributed by atoms with van der Waals surface area (Å²) in [5.74, 6) is 0. The Morgan fingerprint density at radius 1 is 1.58 bits per heavy atom. The minimum atomic E-state index is -0.218. The molecule has 0 spiro atoms. The molecule has 0 aromatic heterocycles. The average molecular weight is 163 g/mol. The zero-order valence-electron chi connectivity index (χ0n) is 7.12. The summed E-state index contributed by atoms with van der Waals surface area (Å²) in [4.78, 5) is 10.8. The number of carbonyl (C=O) groups excluding carboxylic acids is 1. The molecule has 0 N–H and O–H groups in total. The Hall–Kier alpha value is -1.10. The first-order valence-electron chi connectivity index (χ1n) is 4.31. The van der Waals surface area contributed by atoms with Crippen molar-refractivity contribution in [1.29, 1.82) is 5.26 Å². The van der Waals surface area contributed by atoms with Crippen LogP contribution in [-0.4, -0.2) is 6.29 Å². The Labute approximate surface area is 72.9 Å². The highest BCUT2D eigenvalue weighted by Gasteiger charge is 2.28. The molecule has 0 aromatic rings. The van der Waals surface area contributed by atoms with E-state index in [-0.39, 0.29) is 5.41 Å². The molecule has 1 rings (SSSR count). The molecule has 1 unspecified atom stereocenters. The van der Waals surface area contributed by atoms with Gasteiger partial charge in [0, 0.05) is 11.8 Å². The predicted molar refractivity (Wildman–Crippen MR) is 46.3 cm³/mol. The molecule has 0 fully saturated rings. The van der Waals surface area contributed by atoms with Gasteiger partial charge in [-0.3, -0.25) is 0 Å². The molecule has 0 aromatic carbocycles. The van der Waals surface area contributed by atoms with Crippen molar-refractivity contribution in [3.63, 3.8) is 0 Å². The SMILES string of the molecule is N#CCCC1(C=O)CC=CCC1. The van der Waals surface area contributed by atoms with Crippen molar-refractivity contribution in [2.45, 2.75) is 32.1 Å². The van der Waals surface area contributed by atoms with E-state index in [0.717, 1.165) is 32.0 Å². The van der Waals surface area contributed by atoms with Gasteiger partial charge >= 0.3 is 0 Å². The molecule has 1 aliphatic rings. The standard InChI is InChI=1S/C10H13NO/c11-8-4-7-10(9-12)5-2-1-3-6-10/h1-2,9H,3-7H2. The monoisotopic (exact) mass is 163 g/mol. The Morgan fingerprint density at radius 2 is 2.42 bits per heavy atom. The van der Waals surface area contributed by atoms with E-state index < -0.39 is 0 Å². The number of carbonyl (C=O) groups is 1. The normalized spacial score (nSPS) is 27.9. The van der Waals surface area contributed by atoms with Crippen LogP contribution in [0.1, 0.15) is 32.1 Å². The fraction of sp³-hybridized carbons (Fsp3) is 0.600. The molecule has 1 atom stereocenters. The van der Waals surface area contributed by atoms with Crippen LogP contribution in [0.15, 0.2) is 12.2 Å². The van der Waals surface area contributed by atoms with Crippen LogP contribution >= 0.6 is 0 Å². The van der Waals surface area contributed by atoms with Gasteiger partial charge in [-0.25, -0.2) is 0 Å². The van der Waals surface area contributed by atoms with Crippen molar-refractivity contribution < 1.29 is 4.79 Å². The van der Waals surface area contributed by atoms with Crippen LogP contribution in [0.5, 0.6) is 0 Å². The predicted octanol–water partition coefficient (Wildman–Crippen LogP) is 2.22. The average Bonchev–Trinajstić information content (AvgIpc) is 2.16. The molecule has 2 nitrogen and oxygen atoms in total. The lowest BCUT2D eigenvalue weighted by Gasteiger charge is -2.27. The van der Waals surface area contributed by atoms with Crippen molar-refractivity contribution in [1.82, 2.24) is 0 Å². The molecular weight excluding hydrogens is 150 g/mol. The van der Waals surface area contributed by atoms with Crippen molar-refractivity contribution >= 4 is 6.29 Å². The fourth-order valence-corrected chi connectivity index (χ4v) is 1.61. The summed E-state index contributed by atoms with van der Waals surface area (Å²) in [5.41, 5.74) is -0.218. The molecule has 0 amide bonds. The summed E-state index contributed by atoms with van der Waals surface area (Å²) >= 11 is 0. The van der Waals surface area contributed by atoms with Crippen molar-refractivity contribution in [2.75, 3.05) is 0 Å². The summed E-state index contributed by atoms with van der Waals surface area (Å²) in [6, 6.07) is 2.09. The van der Waals surface area contributed by atoms with Crippen molar-refractivity contribution in [3.8, 4) is 6.07 Å². The van der Waals surface area contributed by atoms with Gasteiger partial charge in [0.1, 0.15) is 6.29 Å². The van der Waals surface area contributed by atoms with Crippen LogP contribution in [0.3, 0.4) is 0 Å². The lowest BCUT2D eigenvalue weighted by atomic mass is 9.75. The van der Waals surface area contributed by atoms with Gasteiger partial charge < -0.3 is 4.79 Å². The molecule has 0 saturated heterocycles. The first kappa shape index (κ1) is 8.99. The minimum Gasteiger partial charge on any atom is -0.303 e. The first-order valence-corrected chi connectivity index (χ1v) is 4.31. The van der Waals surface area contributed by atoms with Crippen molar-refractivity contribution in [2.24, 2.45) is 5.41 Å². The van der Waals surface area contributed by atoms with Gasteiger partial charge in [-0.2, -0.15) is 5.26 Å². The third-order valence-corrected chi connectivity index (χ3v) is 2.48. The Kier molecular flexibility index (Phi) is 3.04. The number of allylic oxidation sites excluding steroid dienone is 2. The van der Waals surface area contributed by atoms with Gasteiger partial charge in [0.15, 0.2) is 0 Å². The molecule has 2 heteroatoms. The van der Waals surface area contributed by atoms with E-state index in [9.17, 15) is 4.79 Å². The summed E-state index contributed by atoms with van der Waals surface area (Å²) in [7, 11) is 0. The van der Waals surface area contributed by atoms with E-state index in [4.69, 9.17) is 5.26 Å². The summed E-state index contributed by atoms with van der Waals surface area (Å²) in [6.07, 6.45) is 9.11. The quantitative estimate of drug-likeness (QED) is 0.472. The number of nitrogens with zero attached hydrogens (tertiary/aromatic N) is 1. The van der Waals surface area contributed by atoms with Gasteiger partial charge in [-0.05, 0) is 25.7 Å². The topological polar surface area (TPSA) is 40.9 Å². The number of aldehydes is 1. The minimum absolute atomic E-state index is 0.218. The second-order valence-electron chi connectivity index (χ2n) is 3.35. The second kappa shape index (κ2) is 4.06.